The zero-order valence-corrected chi connectivity index (χ0v) is 13.8. The highest BCUT2D eigenvalue weighted by Gasteiger charge is 2.09. The van der Waals surface area contributed by atoms with Crippen LogP contribution in [0.3, 0.4) is 0 Å². The maximum absolute atomic E-state index is 10.5. The first-order valence-corrected chi connectivity index (χ1v) is 8.07. The van der Waals surface area contributed by atoms with Crippen molar-refractivity contribution < 1.29 is 15.0 Å². The summed E-state index contributed by atoms with van der Waals surface area (Å²) in [6.07, 6.45) is 3.54. The number of benzene rings is 1. The number of aromatic hydroxyl groups is 1. The number of thiazole rings is 1. The molecule has 2 rings (SSSR count). The average Bonchev–Trinajstić information content (AvgIpc) is 2.80. The lowest BCUT2D eigenvalue weighted by atomic mass is 10.3. The lowest BCUT2D eigenvalue weighted by molar-refractivity contribution is -0.137. The second kappa shape index (κ2) is 8.35. The van der Waals surface area contributed by atoms with E-state index in [4.69, 9.17) is 17.3 Å². The standard InChI is InChI=1S/C15H15N3O3S2/c19-13(20)7-4-10-18-14(21)12(23-15(18)22)8-9-16-17-11-5-2-1-3-6-11/h1-3,5-6,8-9,21H,4,7,10H2,(H,19,20). The van der Waals surface area contributed by atoms with Crippen LogP contribution >= 0.6 is 23.6 Å². The predicted octanol–water partition coefficient (Wildman–Crippen LogP) is 4.60. The van der Waals surface area contributed by atoms with Crippen LogP contribution in [0.15, 0.2) is 46.8 Å². The van der Waals surface area contributed by atoms with Crippen LogP contribution in [0.5, 0.6) is 5.88 Å². The van der Waals surface area contributed by atoms with Crippen molar-refractivity contribution in [2.45, 2.75) is 19.4 Å². The summed E-state index contributed by atoms with van der Waals surface area (Å²) >= 11 is 6.42. The number of hydrogen-bond donors (Lipinski definition) is 2. The van der Waals surface area contributed by atoms with E-state index in [0.29, 0.717) is 21.8 Å². The van der Waals surface area contributed by atoms with Gasteiger partial charge in [0.15, 0.2) is 3.95 Å². The van der Waals surface area contributed by atoms with Crippen molar-refractivity contribution in [3.63, 3.8) is 0 Å². The normalized spacial score (nSPS) is 11.5. The first kappa shape index (κ1) is 17.0. The third-order valence-electron chi connectivity index (χ3n) is 2.89. The Morgan fingerprint density at radius 3 is 2.78 bits per heavy atom. The molecule has 0 aliphatic heterocycles. The maximum atomic E-state index is 10.5. The molecular weight excluding hydrogens is 334 g/mol. The highest BCUT2D eigenvalue weighted by Crippen LogP contribution is 2.28. The first-order valence-electron chi connectivity index (χ1n) is 6.85. The predicted molar refractivity (Wildman–Crippen MR) is 91.7 cm³/mol. The molecule has 120 valence electrons. The molecule has 0 unspecified atom stereocenters. The first-order chi connectivity index (χ1) is 11.1. The van der Waals surface area contributed by atoms with Crippen LogP contribution in [0.25, 0.3) is 6.08 Å². The van der Waals surface area contributed by atoms with Crippen molar-refractivity contribution in [1.82, 2.24) is 4.57 Å². The fourth-order valence-electron chi connectivity index (χ4n) is 1.80. The van der Waals surface area contributed by atoms with Gasteiger partial charge in [0, 0.05) is 13.0 Å². The number of nitrogens with zero attached hydrogens (tertiary/aromatic N) is 3. The SMILES string of the molecule is O=C(O)CCCn1c(O)c(C=CN=Nc2ccccc2)sc1=S. The van der Waals surface area contributed by atoms with E-state index in [-0.39, 0.29) is 12.3 Å². The molecule has 2 aromatic rings. The van der Waals surface area contributed by atoms with Crippen LogP contribution in [-0.4, -0.2) is 20.7 Å². The number of carbonyl (C=O) groups is 1. The Morgan fingerprint density at radius 2 is 2.09 bits per heavy atom. The number of carboxylic acid groups (broad SMARTS) is 1. The number of aliphatic carboxylic acids is 1. The molecule has 0 spiro atoms. The summed E-state index contributed by atoms with van der Waals surface area (Å²) in [6.45, 7) is 0.368. The number of rotatable bonds is 7. The molecule has 8 heteroatoms. The topological polar surface area (TPSA) is 87.2 Å². The van der Waals surface area contributed by atoms with Crippen molar-refractivity contribution in [2.24, 2.45) is 10.2 Å². The molecule has 0 aliphatic rings. The molecule has 0 saturated heterocycles. The molecule has 2 N–H and O–H groups in total. The quantitative estimate of drug-likeness (QED) is 0.565. The van der Waals surface area contributed by atoms with E-state index >= 15 is 0 Å². The molecule has 0 radical (unpaired) electrons. The molecule has 23 heavy (non-hydrogen) atoms. The van der Waals surface area contributed by atoms with Crippen LogP contribution in [0.4, 0.5) is 5.69 Å². The van der Waals surface area contributed by atoms with Crippen molar-refractivity contribution in [3.05, 3.63) is 45.4 Å². The van der Waals surface area contributed by atoms with E-state index in [2.05, 4.69) is 10.2 Å². The number of carboxylic acids is 1. The molecule has 1 aromatic carbocycles. The van der Waals surface area contributed by atoms with Gasteiger partial charge in [0.2, 0.25) is 5.88 Å². The zero-order chi connectivity index (χ0) is 16.7. The van der Waals surface area contributed by atoms with E-state index in [0.717, 1.165) is 5.69 Å². The summed E-state index contributed by atoms with van der Waals surface area (Å²) in [5.41, 5.74) is 0.736. The van der Waals surface area contributed by atoms with Gasteiger partial charge < -0.3 is 10.2 Å². The summed E-state index contributed by atoms with van der Waals surface area (Å²) in [6, 6.07) is 9.29. The third kappa shape index (κ3) is 5.11. The summed E-state index contributed by atoms with van der Waals surface area (Å²) in [5, 5.41) is 26.7. The molecule has 0 atom stereocenters. The van der Waals surface area contributed by atoms with Crippen molar-refractivity contribution in [1.29, 1.82) is 0 Å². The molecule has 0 aliphatic carbocycles. The zero-order valence-electron chi connectivity index (χ0n) is 12.1. The molecule has 0 fully saturated rings. The van der Waals surface area contributed by atoms with Gasteiger partial charge in [-0.1, -0.05) is 18.2 Å². The van der Waals surface area contributed by atoms with Crippen molar-refractivity contribution in [3.8, 4) is 5.88 Å². The smallest absolute Gasteiger partial charge is 0.303 e. The summed E-state index contributed by atoms with van der Waals surface area (Å²) < 4.78 is 2.02. The van der Waals surface area contributed by atoms with Crippen molar-refractivity contribution >= 4 is 41.3 Å². The highest BCUT2D eigenvalue weighted by atomic mass is 32.1. The Labute approximate surface area is 142 Å². The summed E-state index contributed by atoms with van der Waals surface area (Å²) in [4.78, 5) is 11.1. The van der Waals surface area contributed by atoms with Crippen LogP contribution < -0.4 is 0 Å². The van der Waals surface area contributed by atoms with E-state index in [1.54, 1.807) is 6.08 Å². The van der Waals surface area contributed by atoms with E-state index in [1.807, 2.05) is 30.3 Å². The number of aromatic nitrogens is 1. The molecule has 6 nitrogen and oxygen atoms in total. The van der Waals surface area contributed by atoms with Gasteiger partial charge >= 0.3 is 5.97 Å². The van der Waals surface area contributed by atoms with Gasteiger partial charge in [0.25, 0.3) is 0 Å². The van der Waals surface area contributed by atoms with Crippen LogP contribution in [-0.2, 0) is 11.3 Å². The molecule has 1 heterocycles. The van der Waals surface area contributed by atoms with Gasteiger partial charge in [-0.2, -0.15) is 10.2 Å². The summed E-state index contributed by atoms with van der Waals surface area (Å²) in [7, 11) is 0. The minimum absolute atomic E-state index is 0.0246. The van der Waals surface area contributed by atoms with Gasteiger partial charge in [-0.15, -0.1) is 11.3 Å². The second-order valence-corrected chi connectivity index (χ2v) is 6.25. The Hall–Kier alpha value is -2.32. The van der Waals surface area contributed by atoms with Crippen molar-refractivity contribution in [2.75, 3.05) is 0 Å². The fraction of sp³-hybridized carbons (Fsp3) is 0.200. The van der Waals surface area contributed by atoms with Crippen LogP contribution in [0, 0.1) is 3.95 Å². The van der Waals surface area contributed by atoms with E-state index in [9.17, 15) is 9.90 Å². The fourth-order valence-corrected chi connectivity index (χ4v) is 3.06. The monoisotopic (exact) mass is 349 g/mol. The van der Waals surface area contributed by atoms with Gasteiger partial charge in [-0.25, -0.2) is 0 Å². The second-order valence-electron chi connectivity index (χ2n) is 4.57. The van der Waals surface area contributed by atoms with Gasteiger partial charge in [0.1, 0.15) is 0 Å². The van der Waals surface area contributed by atoms with E-state index in [1.165, 1.54) is 22.1 Å². The maximum Gasteiger partial charge on any atom is 0.303 e. The van der Waals surface area contributed by atoms with Gasteiger partial charge in [-0.05, 0) is 36.8 Å². The van der Waals surface area contributed by atoms with Gasteiger partial charge in [0.05, 0.1) is 16.8 Å². The highest BCUT2D eigenvalue weighted by molar-refractivity contribution is 7.73. The van der Waals surface area contributed by atoms with Gasteiger partial charge in [-0.3, -0.25) is 9.36 Å². The summed E-state index contributed by atoms with van der Waals surface area (Å²) in [5.74, 6) is -0.843. The third-order valence-corrected chi connectivity index (χ3v) is 4.29. The Bertz CT molecular complexity index is 779. The molecule has 0 bridgehead atoms. The lowest BCUT2D eigenvalue weighted by Gasteiger charge is -2.02. The number of azo groups is 1. The van der Waals surface area contributed by atoms with Crippen LogP contribution in [0.1, 0.15) is 17.7 Å². The lowest BCUT2D eigenvalue weighted by Crippen LogP contribution is -2.01. The molecule has 0 amide bonds. The molecular formula is C15H15N3O3S2. The number of hydrogen-bond acceptors (Lipinski definition) is 6. The largest absolute Gasteiger partial charge is 0.493 e. The minimum Gasteiger partial charge on any atom is -0.493 e. The average molecular weight is 349 g/mol. The molecule has 0 saturated carbocycles. The van der Waals surface area contributed by atoms with Crippen LogP contribution in [0.2, 0.25) is 0 Å². The van der Waals surface area contributed by atoms with E-state index < -0.39 is 5.97 Å². The Morgan fingerprint density at radius 1 is 1.35 bits per heavy atom. The minimum atomic E-state index is -0.868. The Balaban J connectivity index is 2.03. The Kier molecular flexibility index (Phi) is 6.19. The molecule has 1 aromatic heterocycles.